The van der Waals surface area contributed by atoms with Gasteiger partial charge in [0.1, 0.15) is 5.54 Å². The summed E-state index contributed by atoms with van der Waals surface area (Å²) in [7, 11) is 0. The summed E-state index contributed by atoms with van der Waals surface area (Å²) in [5.74, 6) is 0. The van der Waals surface area contributed by atoms with Gasteiger partial charge in [-0.3, -0.25) is 4.90 Å². The Hall–Kier alpha value is -3.47. The normalized spacial score (nSPS) is 13.8. The Kier molecular flexibility index (Phi) is 5.17. The number of imidazole rings is 1. The van der Waals surface area contributed by atoms with Crippen molar-refractivity contribution in [2.45, 2.75) is 25.2 Å². The number of hydrogen-bond acceptors (Lipinski definition) is 3. The molecule has 1 aliphatic heterocycles. The van der Waals surface area contributed by atoms with Gasteiger partial charge in [-0.15, -0.1) is 0 Å². The van der Waals surface area contributed by atoms with Crippen molar-refractivity contribution in [2.75, 3.05) is 0 Å². The summed E-state index contributed by atoms with van der Waals surface area (Å²) in [6, 6.07) is 32.3. The van der Waals surface area contributed by atoms with Crippen LogP contribution in [0.15, 0.2) is 114 Å². The molecule has 0 radical (unpaired) electrons. The van der Waals surface area contributed by atoms with Gasteiger partial charge in [0.15, 0.2) is 0 Å². The molecule has 162 valence electrons. The SMILES string of the molecule is c1ccc(C(c2ccccc2)(c2ccccc2)n2cnc(CN3Cc4cscc4C3)c2)cc1. The van der Waals surface area contributed by atoms with Crippen LogP contribution < -0.4 is 0 Å². The van der Waals surface area contributed by atoms with Gasteiger partial charge >= 0.3 is 0 Å². The van der Waals surface area contributed by atoms with Crippen molar-refractivity contribution in [1.29, 1.82) is 0 Å². The molecule has 0 bridgehead atoms. The highest BCUT2D eigenvalue weighted by Gasteiger charge is 2.38. The van der Waals surface area contributed by atoms with Crippen molar-refractivity contribution >= 4 is 11.3 Å². The van der Waals surface area contributed by atoms with E-state index in [9.17, 15) is 0 Å². The third-order valence-electron chi connectivity index (χ3n) is 6.60. The highest BCUT2D eigenvalue weighted by Crippen LogP contribution is 2.41. The van der Waals surface area contributed by atoms with E-state index in [2.05, 4.69) is 117 Å². The minimum Gasteiger partial charge on any atom is -0.319 e. The lowest BCUT2D eigenvalue weighted by atomic mass is 9.77. The van der Waals surface area contributed by atoms with Crippen LogP contribution >= 0.6 is 11.3 Å². The van der Waals surface area contributed by atoms with Crippen molar-refractivity contribution in [1.82, 2.24) is 14.5 Å². The van der Waals surface area contributed by atoms with Crippen LogP contribution in [0.5, 0.6) is 0 Å². The predicted octanol–water partition coefficient (Wildman–Crippen LogP) is 6.30. The van der Waals surface area contributed by atoms with Gasteiger partial charge in [0.05, 0.1) is 12.0 Å². The molecule has 0 unspecified atom stereocenters. The minimum atomic E-state index is -0.502. The van der Waals surface area contributed by atoms with Crippen LogP contribution in [0.3, 0.4) is 0 Å². The van der Waals surface area contributed by atoms with Gasteiger partial charge < -0.3 is 4.57 Å². The van der Waals surface area contributed by atoms with Crippen molar-refractivity contribution in [3.8, 4) is 0 Å². The molecule has 0 saturated carbocycles. The van der Waals surface area contributed by atoms with Crippen LogP contribution in [0.4, 0.5) is 0 Å². The third-order valence-corrected chi connectivity index (χ3v) is 7.45. The smallest absolute Gasteiger partial charge is 0.121 e. The average Bonchev–Trinajstić information content (AvgIpc) is 3.60. The van der Waals surface area contributed by atoms with E-state index in [1.54, 1.807) is 11.3 Å². The van der Waals surface area contributed by atoms with E-state index in [0.717, 1.165) is 25.3 Å². The molecule has 5 aromatic rings. The maximum Gasteiger partial charge on any atom is 0.121 e. The second-order valence-corrected chi connectivity index (χ2v) is 9.39. The summed E-state index contributed by atoms with van der Waals surface area (Å²) in [6.07, 6.45) is 4.24. The molecule has 0 atom stereocenters. The molecule has 0 fully saturated rings. The number of thiophene rings is 1. The van der Waals surface area contributed by atoms with Gasteiger partial charge in [0.25, 0.3) is 0 Å². The molecule has 0 saturated heterocycles. The summed E-state index contributed by atoms with van der Waals surface area (Å²) in [4.78, 5) is 7.36. The number of hydrogen-bond donors (Lipinski definition) is 0. The van der Waals surface area contributed by atoms with Crippen molar-refractivity contribution < 1.29 is 0 Å². The van der Waals surface area contributed by atoms with E-state index in [4.69, 9.17) is 4.98 Å². The molecule has 0 amide bonds. The number of fused-ring (bicyclic) bond motifs is 1. The highest BCUT2D eigenvalue weighted by molar-refractivity contribution is 7.08. The molecule has 0 aliphatic carbocycles. The summed E-state index contributed by atoms with van der Waals surface area (Å²) < 4.78 is 2.30. The fourth-order valence-electron chi connectivity index (χ4n) is 5.12. The molecular formula is C29H25N3S. The molecule has 3 aromatic carbocycles. The summed E-state index contributed by atoms with van der Waals surface area (Å²) in [6.45, 7) is 2.86. The first-order valence-corrected chi connectivity index (χ1v) is 12.2. The van der Waals surface area contributed by atoms with E-state index in [1.165, 1.54) is 27.8 Å². The van der Waals surface area contributed by atoms with Gasteiger partial charge in [0, 0.05) is 25.8 Å². The van der Waals surface area contributed by atoms with Gasteiger partial charge in [-0.1, -0.05) is 91.0 Å². The lowest BCUT2D eigenvalue weighted by molar-refractivity contribution is 0.272. The number of nitrogens with zero attached hydrogens (tertiary/aromatic N) is 3. The van der Waals surface area contributed by atoms with Crippen molar-refractivity contribution in [3.05, 3.63) is 148 Å². The second-order valence-electron chi connectivity index (χ2n) is 8.65. The summed E-state index contributed by atoms with van der Waals surface area (Å²) in [5, 5.41) is 4.55. The Morgan fingerprint density at radius 3 is 1.67 bits per heavy atom. The highest BCUT2D eigenvalue weighted by atomic mass is 32.1. The zero-order valence-corrected chi connectivity index (χ0v) is 19.2. The number of benzene rings is 3. The summed E-state index contributed by atoms with van der Waals surface area (Å²) >= 11 is 1.80. The van der Waals surface area contributed by atoms with Crippen LogP contribution in [-0.2, 0) is 25.2 Å². The molecule has 1 aliphatic rings. The Bertz CT molecular complexity index is 1220. The number of rotatable bonds is 6. The predicted molar refractivity (Wildman–Crippen MR) is 134 cm³/mol. The lowest BCUT2D eigenvalue weighted by Crippen LogP contribution is -2.37. The van der Waals surface area contributed by atoms with E-state index in [-0.39, 0.29) is 0 Å². The van der Waals surface area contributed by atoms with Crippen LogP contribution in [0.25, 0.3) is 0 Å². The molecule has 3 heterocycles. The quantitative estimate of drug-likeness (QED) is 0.285. The van der Waals surface area contributed by atoms with Gasteiger partial charge in [-0.05, 0) is 38.6 Å². The average molecular weight is 448 g/mol. The third kappa shape index (κ3) is 3.52. The molecule has 2 aromatic heterocycles. The van der Waals surface area contributed by atoms with Gasteiger partial charge in [-0.25, -0.2) is 4.98 Å². The van der Waals surface area contributed by atoms with E-state index in [1.807, 2.05) is 6.33 Å². The van der Waals surface area contributed by atoms with Gasteiger partial charge in [0.2, 0.25) is 0 Å². The lowest BCUT2D eigenvalue weighted by Gasteiger charge is -2.37. The largest absolute Gasteiger partial charge is 0.319 e. The molecular weight excluding hydrogens is 422 g/mol. The van der Waals surface area contributed by atoms with E-state index < -0.39 is 5.54 Å². The van der Waals surface area contributed by atoms with Crippen LogP contribution in [0.1, 0.15) is 33.5 Å². The first kappa shape index (κ1) is 20.2. The Morgan fingerprint density at radius 1 is 0.697 bits per heavy atom. The Labute approximate surface area is 198 Å². The minimum absolute atomic E-state index is 0.502. The van der Waals surface area contributed by atoms with Crippen molar-refractivity contribution in [2.24, 2.45) is 0 Å². The first-order valence-electron chi connectivity index (χ1n) is 11.3. The fourth-order valence-corrected chi connectivity index (χ4v) is 5.97. The molecule has 6 rings (SSSR count). The molecule has 33 heavy (non-hydrogen) atoms. The van der Waals surface area contributed by atoms with Gasteiger partial charge in [-0.2, -0.15) is 11.3 Å². The monoisotopic (exact) mass is 447 g/mol. The standard InChI is InChI=1S/C29H25N3S/c1-4-10-25(11-5-1)29(26-12-6-2-7-13-26,27-14-8-3-9-15-27)32-19-28(30-22-32)18-31-16-23-20-33-21-24(23)17-31/h1-15,19-22H,16-18H2. The maximum absolute atomic E-state index is 4.89. The fraction of sp³-hybridized carbons (Fsp3) is 0.138. The zero-order valence-electron chi connectivity index (χ0n) is 18.3. The molecule has 0 N–H and O–H groups in total. The Morgan fingerprint density at radius 2 is 1.18 bits per heavy atom. The number of aromatic nitrogens is 2. The van der Waals surface area contributed by atoms with Crippen LogP contribution in [-0.4, -0.2) is 14.5 Å². The Balaban J connectivity index is 1.47. The molecule has 4 heteroatoms. The summed E-state index contributed by atoms with van der Waals surface area (Å²) in [5.41, 5.74) is 7.17. The molecule has 3 nitrogen and oxygen atoms in total. The topological polar surface area (TPSA) is 21.1 Å². The second kappa shape index (κ2) is 8.47. The van der Waals surface area contributed by atoms with E-state index in [0.29, 0.717) is 0 Å². The zero-order chi connectivity index (χ0) is 22.1. The van der Waals surface area contributed by atoms with Crippen molar-refractivity contribution in [3.63, 3.8) is 0 Å². The van der Waals surface area contributed by atoms with Crippen LogP contribution in [0.2, 0.25) is 0 Å². The molecule has 0 spiro atoms. The maximum atomic E-state index is 4.89. The first-order chi connectivity index (χ1) is 16.3. The van der Waals surface area contributed by atoms with Crippen LogP contribution in [0, 0.1) is 0 Å². The van der Waals surface area contributed by atoms with E-state index >= 15 is 0 Å².